The van der Waals surface area contributed by atoms with Crippen molar-refractivity contribution in [2.45, 2.75) is 32.7 Å². The first-order chi connectivity index (χ1) is 18.2. The maximum absolute atomic E-state index is 14.8. The van der Waals surface area contributed by atoms with Gasteiger partial charge in [-0.1, -0.05) is 24.6 Å². The van der Waals surface area contributed by atoms with Crippen LogP contribution in [0.15, 0.2) is 27.8 Å². The number of halogens is 2. The van der Waals surface area contributed by atoms with Crippen LogP contribution >= 0.6 is 11.6 Å². The van der Waals surface area contributed by atoms with Gasteiger partial charge in [0, 0.05) is 58.0 Å². The van der Waals surface area contributed by atoms with E-state index in [1.165, 1.54) is 23.7 Å². The molecule has 10 nitrogen and oxygen atoms in total. The van der Waals surface area contributed by atoms with Gasteiger partial charge in [0.25, 0.3) is 5.56 Å². The molecule has 0 radical (unpaired) electrons. The molecule has 0 bridgehead atoms. The first kappa shape index (κ1) is 27.8. The van der Waals surface area contributed by atoms with Crippen molar-refractivity contribution in [1.29, 1.82) is 0 Å². The number of anilines is 1. The normalized spacial score (nSPS) is 15.8. The Morgan fingerprint density at radius 2 is 2.00 bits per heavy atom. The second kappa shape index (κ2) is 11.7. The second-order valence-electron chi connectivity index (χ2n) is 9.68. The van der Waals surface area contributed by atoms with E-state index in [1.807, 2.05) is 16.7 Å². The Labute approximate surface area is 225 Å². The number of nitrogens with zero attached hydrogens (tertiary/aromatic N) is 6. The molecule has 3 heterocycles. The maximum atomic E-state index is 14.8. The molecule has 1 atom stereocenters. The average molecular weight is 549 g/mol. The summed E-state index contributed by atoms with van der Waals surface area (Å²) in [6, 6.07) is 4.42. The van der Waals surface area contributed by atoms with E-state index in [1.54, 1.807) is 24.8 Å². The van der Waals surface area contributed by atoms with E-state index in [2.05, 4.69) is 0 Å². The molecule has 0 aliphatic carbocycles. The number of aromatic nitrogens is 4. The number of aryl methyl sites for hydroxylation is 1. The number of benzene rings is 1. The molecule has 3 aromatic rings. The Morgan fingerprint density at radius 1 is 1.24 bits per heavy atom. The average Bonchev–Trinajstić information content (AvgIpc) is 3.30. The summed E-state index contributed by atoms with van der Waals surface area (Å²) in [6.07, 6.45) is 2.30. The zero-order valence-corrected chi connectivity index (χ0v) is 23.0. The molecular formula is C26H34ClFN6O4. The lowest BCUT2D eigenvalue weighted by atomic mass is 9.96. The molecule has 0 spiro atoms. The lowest BCUT2D eigenvalue weighted by molar-refractivity contribution is -0.136. The lowest BCUT2D eigenvalue weighted by Crippen LogP contribution is -2.46. The summed E-state index contributed by atoms with van der Waals surface area (Å²) in [6.45, 7) is 4.56. The Bertz CT molecular complexity index is 1430. The molecule has 2 aromatic heterocycles. The van der Waals surface area contributed by atoms with Gasteiger partial charge >= 0.3 is 5.69 Å². The largest absolute Gasteiger partial charge is 0.383 e. The van der Waals surface area contributed by atoms with Gasteiger partial charge in [0.1, 0.15) is 5.82 Å². The van der Waals surface area contributed by atoms with Crippen molar-refractivity contribution in [2.75, 3.05) is 44.8 Å². The molecule has 0 N–H and O–H groups in total. The number of rotatable bonds is 9. The first-order valence-corrected chi connectivity index (χ1v) is 13.2. The van der Waals surface area contributed by atoms with Crippen molar-refractivity contribution in [3.63, 3.8) is 0 Å². The molecule has 1 amide bonds. The molecular weight excluding hydrogens is 515 g/mol. The van der Waals surface area contributed by atoms with Crippen molar-refractivity contribution in [3.05, 3.63) is 55.4 Å². The minimum absolute atomic E-state index is 0.0525. The third-order valence-electron chi connectivity index (χ3n) is 7.13. The van der Waals surface area contributed by atoms with Crippen molar-refractivity contribution >= 4 is 34.6 Å². The number of carbonyl (C=O) groups excluding carboxylic acids is 1. The predicted octanol–water partition coefficient (Wildman–Crippen LogP) is 2.38. The molecule has 0 saturated carbocycles. The van der Waals surface area contributed by atoms with Gasteiger partial charge in [-0.15, -0.1) is 0 Å². The van der Waals surface area contributed by atoms with E-state index < -0.39 is 17.1 Å². The van der Waals surface area contributed by atoms with Crippen molar-refractivity contribution in [2.24, 2.45) is 20.0 Å². The first-order valence-electron chi connectivity index (χ1n) is 12.8. The highest BCUT2D eigenvalue weighted by Crippen LogP contribution is 2.29. The molecule has 4 rings (SSSR count). The maximum Gasteiger partial charge on any atom is 0.332 e. The number of carbonyl (C=O) groups is 1. The number of fused-ring (bicyclic) bond motifs is 1. The quantitative estimate of drug-likeness (QED) is 0.407. The van der Waals surface area contributed by atoms with Crippen molar-refractivity contribution < 1.29 is 13.9 Å². The zero-order valence-electron chi connectivity index (χ0n) is 22.2. The van der Waals surface area contributed by atoms with Crippen LogP contribution in [0.1, 0.15) is 31.7 Å². The van der Waals surface area contributed by atoms with Crippen LogP contribution in [-0.2, 0) is 30.2 Å². The van der Waals surface area contributed by atoms with Crippen LogP contribution in [-0.4, -0.2) is 69.4 Å². The van der Waals surface area contributed by atoms with E-state index in [0.29, 0.717) is 38.7 Å². The number of hydrogen-bond donors (Lipinski definition) is 0. The molecule has 1 fully saturated rings. The van der Waals surface area contributed by atoms with Crippen LogP contribution < -0.4 is 16.1 Å². The van der Waals surface area contributed by atoms with Gasteiger partial charge in [-0.2, -0.15) is 4.98 Å². The lowest BCUT2D eigenvalue weighted by Gasteiger charge is -2.35. The minimum Gasteiger partial charge on any atom is -0.383 e. The number of hydrogen-bond acceptors (Lipinski definition) is 6. The van der Waals surface area contributed by atoms with E-state index in [4.69, 9.17) is 21.3 Å². The molecule has 1 aliphatic rings. The molecule has 38 heavy (non-hydrogen) atoms. The number of piperidine rings is 1. The molecule has 1 aliphatic heterocycles. The van der Waals surface area contributed by atoms with Gasteiger partial charge in [-0.3, -0.25) is 23.3 Å². The fraction of sp³-hybridized carbons (Fsp3) is 0.538. The molecule has 1 unspecified atom stereocenters. The van der Waals surface area contributed by atoms with E-state index >= 15 is 0 Å². The van der Waals surface area contributed by atoms with Crippen LogP contribution in [0.4, 0.5) is 10.3 Å². The van der Waals surface area contributed by atoms with E-state index in [9.17, 15) is 18.8 Å². The SMILES string of the molecule is CCCN(CCOC)C(=O)C1CCCN(c2nc3c(c(=O)n(C)c(=O)n3C)n2Cc2c(F)cccc2Cl)C1. The standard InChI is InChI=1S/C26H34ClFN6O4/c1-5-11-32(13-14-38-4)23(35)17-8-7-12-33(15-17)25-29-22-21(24(36)31(3)26(37)30(22)2)34(25)16-18-19(27)9-6-10-20(18)28/h6,9-10,17H,5,7-8,11-16H2,1-4H3. The van der Waals surface area contributed by atoms with Gasteiger partial charge in [0.05, 0.1) is 19.1 Å². The Balaban J connectivity index is 1.80. The fourth-order valence-corrected chi connectivity index (χ4v) is 5.31. The highest BCUT2D eigenvalue weighted by molar-refractivity contribution is 6.31. The smallest absolute Gasteiger partial charge is 0.332 e. The van der Waals surface area contributed by atoms with Crippen LogP contribution in [0.5, 0.6) is 0 Å². The van der Waals surface area contributed by atoms with Gasteiger partial charge in [-0.25, -0.2) is 9.18 Å². The van der Waals surface area contributed by atoms with Crippen LogP contribution in [0, 0.1) is 11.7 Å². The Kier molecular flexibility index (Phi) is 8.57. The van der Waals surface area contributed by atoms with Gasteiger partial charge in [-0.05, 0) is 31.4 Å². The predicted molar refractivity (Wildman–Crippen MR) is 144 cm³/mol. The highest BCUT2D eigenvalue weighted by atomic mass is 35.5. The van der Waals surface area contributed by atoms with Crippen molar-refractivity contribution in [1.82, 2.24) is 23.6 Å². The topological polar surface area (TPSA) is 94.6 Å². The number of imidazole rings is 1. The number of methoxy groups -OCH3 is 1. The van der Waals surface area contributed by atoms with Gasteiger partial charge in [0.15, 0.2) is 11.2 Å². The third kappa shape index (κ3) is 5.22. The van der Waals surface area contributed by atoms with Crippen LogP contribution in [0.3, 0.4) is 0 Å². The minimum atomic E-state index is -0.535. The summed E-state index contributed by atoms with van der Waals surface area (Å²) >= 11 is 6.35. The summed E-state index contributed by atoms with van der Waals surface area (Å²) in [5.41, 5.74) is -0.467. The monoisotopic (exact) mass is 548 g/mol. The van der Waals surface area contributed by atoms with Crippen LogP contribution in [0.25, 0.3) is 11.2 Å². The summed E-state index contributed by atoms with van der Waals surface area (Å²) in [7, 11) is 4.55. The fourth-order valence-electron chi connectivity index (χ4n) is 5.09. The second-order valence-corrected chi connectivity index (χ2v) is 10.1. The summed E-state index contributed by atoms with van der Waals surface area (Å²) in [5.74, 6) is -0.332. The Hall–Kier alpha value is -3.18. The Morgan fingerprint density at radius 3 is 2.68 bits per heavy atom. The number of ether oxygens (including phenoxy) is 1. The van der Waals surface area contributed by atoms with E-state index in [-0.39, 0.29) is 40.1 Å². The third-order valence-corrected chi connectivity index (χ3v) is 7.48. The van der Waals surface area contributed by atoms with Gasteiger partial charge in [0.2, 0.25) is 11.9 Å². The highest BCUT2D eigenvalue weighted by Gasteiger charge is 2.32. The summed E-state index contributed by atoms with van der Waals surface area (Å²) < 4.78 is 24.0. The van der Waals surface area contributed by atoms with Gasteiger partial charge < -0.3 is 14.5 Å². The molecule has 1 saturated heterocycles. The van der Waals surface area contributed by atoms with Crippen LogP contribution in [0.2, 0.25) is 5.02 Å². The molecule has 1 aromatic carbocycles. The zero-order chi connectivity index (χ0) is 27.6. The van der Waals surface area contributed by atoms with Crippen molar-refractivity contribution in [3.8, 4) is 0 Å². The van der Waals surface area contributed by atoms with E-state index in [0.717, 1.165) is 23.8 Å². The summed E-state index contributed by atoms with van der Waals surface area (Å²) in [4.78, 5) is 47.9. The molecule has 12 heteroatoms. The number of amides is 1. The molecule has 206 valence electrons. The summed E-state index contributed by atoms with van der Waals surface area (Å²) in [5, 5.41) is 0.222.